The van der Waals surface area contributed by atoms with Gasteiger partial charge in [-0.2, -0.15) is 0 Å². The molecule has 0 fully saturated rings. The van der Waals surface area contributed by atoms with Gasteiger partial charge in [0.05, 0.1) is 12.1 Å². The quantitative estimate of drug-likeness (QED) is 0.869. The van der Waals surface area contributed by atoms with Crippen LogP contribution in [0.4, 0.5) is 0 Å². The average molecular weight is 262 g/mol. The number of methoxy groups -OCH3 is 1. The molecule has 96 valence electrons. The number of hydrogen-bond donors (Lipinski definition) is 1. The Labute approximate surface area is 112 Å². The van der Waals surface area contributed by atoms with Crippen LogP contribution in [0.25, 0.3) is 0 Å². The van der Waals surface area contributed by atoms with Crippen LogP contribution in [-0.4, -0.2) is 18.6 Å². The molecule has 1 heterocycles. The molecular weight excluding hydrogens is 244 g/mol. The van der Waals surface area contributed by atoms with Crippen LogP contribution in [0.1, 0.15) is 23.4 Å². The fourth-order valence-electron chi connectivity index (χ4n) is 1.78. The van der Waals surface area contributed by atoms with Crippen molar-refractivity contribution in [2.75, 3.05) is 13.7 Å². The zero-order valence-corrected chi connectivity index (χ0v) is 11.5. The van der Waals surface area contributed by atoms with E-state index in [1.807, 2.05) is 23.7 Å². The maximum absolute atomic E-state index is 5.21. The summed E-state index contributed by atoms with van der Waals surface area (Å²) < 4.78 is 5.21. The van der Waals surface area contributed by atoms with Crippen molar-refractivity contribution in [1.29, 1.82) is 0 Å². The summed E-state index contributed by atoms with van der Waals surface area (Å²) in [7, 11) is 1.69. The summed E-state index contributed by atoms with van der Waals surface area (Å²) in [6, 6.07) is 8.13. The van der Waals surface area contributed by atoms with Crippen molar-refractivity contribution in [2.45, 2.75) is 19.4 Å². The first kappa shape index (κ1) is 13.1. The summed E-state index contributed by atoms with van der Waals surface area (Å²) in [6.45, 7) is 3.98. The summed E-state index contributed by atoms with van der Waals surface area (Å²) in [6.07, 6.45) is 1.86. The van der Waals surface area contributed by atoms with E-state index in [1.54, 1.807) is 18.4 Å². The van der Waals surface area contributed by atoms with Gasteiger partial charge in [-0.05, 0) is 17.7 Å². The first-order valence-electron chi connectivity index (χ1n) is 6.02. The smallest absolute Gasteiger partial charge is 0.119 e. The number of thiazole rings is 1. The number of aromatic nitrogens is 1. The standard InChI is InChI=1S/C14H18N2OS/c1-11(14-16-6-7-18-14)9-15-10-12-4-3-5-13(8-12)17-2/h3-8,11,15H,9-10H2,1-2H3. The lowest BCUT2D eigenvalue weighted by molar-refractivity contribution is 0.414. The SMILES string of the molecule is COc1cccc(CNCC(C)c2nccs2)c1. The molecule has 1 atom stereocenters. The second kappa shape index (κ2) is 6.52. The number of benzene rings is 1. The normalized spacial score (nSPS) is 12.3. The summed E-state index contributed by atoms with van der Waals surface area (Å²) in [5, 5.41) is 6.66. The molecule has 1 aromatic heterocycles. The number of nitrogens with zero attached hydrogens (tertiary/aromatic N) is 1. The molecule has 18 heavy (non-hydrogen) atoms. The van der Waals surface area contributed by atoms with E-state index in [2.05, 4.69) is 29.4 Å². The van der Waals surface area contributed by atoms with E-state index >= 15 is 0 Å². The maximum atomic E-state index is 5.21. The van der Waals surface area contributed by atoms with Crippen molar-refractivity contribution in [2.24, 2.45) is 0 Å². The highest BCUT2D eigenvalue weighted by Crippen LogP contribution is 2.17. The first-order valence-corrected chi connectivity index (χ1v) is 6.90. The van der Waals surface area contributed by atoms with Crippen LogP contribution in [0.2, 0.25) is 0 Å². The molecule has 0 aliphatic heterocycles. The Morgan fingerprint density at radius 3 is 3.06 bits per heavy atom. The Kier molecular flexibility index (Phi) is 4.73. The topological polar surface area (TPSA) is 34.1 Å². The molecule has 0 aliphatic carbocycles. The van der Waals surface area contributed by atoms with Crippen LogP contribution in [0.5, 0.6) is 5.75 Å². The Morgan fingerprint density at radius 1 is 1.44 bits per heavy atom. The average Bonchev–Trinajstić information content (AvgIpc) is 2.93. The van der Waals surface area contributed by atoms with E-state index in [9.17, 15) is 0 Å². The van der Waals surface area contributed by atoms with Crippen LogP contribution in [-0.2, 0) is 6.54 Å². The molecular formula is C14H18N2OS. The van der Waals surface area contributed by atoms with E-state index in [1.165, 1.54) is 10.6 Å². The highest BCUT2D eigenvalue weighted by Gasteiger charge is 2.07. The molecule has 1 unspecified atom stereocenters. The minimum Gasteiger partial charge on any atom is -0.497 e. The predicted molar refractivity (Wildman–Crippen MR) is 75.2 cm³/mol. The van der Waals surface area contributed by atoms with Gasteiger partial charge in [0.15, 0.2) is 0 Å². The number of hydrogen-bond acceptors (Lipinski definition) is 4. The van der Waals surface area contributed by atoms with E-state index < -0.39 is 0 Å². The molecule has 0 saturated carbocycles. The fourth-order valence-corrected chi connectivity index (χ4v) is 2.48. The van der Waals surface area contributed by atoms with Crippen molar-refractivity contribution in [3.63, 3.8) is 0 Å². The van der Waals surface area contributed by atoms with Gasteiger partial charge in [-0.15, -0.1) is 11.3 Å². The highest BCUT2D eigenvalue weighted by atomic mass is 32.1. The van der Waals surface area contributed by atoms with E-state index in [4.69, 9.17) is 4.74 Å². The van der Waals surface area contributed by atoms with Gasteiger partial charge in [-0.25, -0.2) is 4.98 Å². The molecule has 3 nitrogen and oxygen atoms in total. The van der Waals surface area contributed by atoms with E-state index in [0.717, 1.165) is 18.8 Å². The van der Waals surface area contributed by atoms with Gasteiger partial charge in [0.25, 0.3) is 0 Å². The zero-order valence-electron chi connectivity index (χ0n) is 10.7. The lowest BCUT2D eigenvalue weighted by atomic mass is 10.1. The highest BCUT2D eigenvalue weighted by molar-refractivity contribution is 7.09. The minimum atomic E-state index is 0.454. The molecule has 2 rings (SSSR count). The Hall–Kier alpha value is -1.39. The van der Waals surface area contributed by atoms with Crippen molar-refractivity contribution in [3.05, 3.63) is 46.4 Å². The van der Waals surface area contributed by atoms with Crippen molar-refractivity contribution < 1.29 is 4.74 Å². The molecule has 0 saturated heterocycles. The van der Waals surface area contributed by atoms with Gasteiger partial charge in [0.2, 0.25) is 0 Å². The first-order chi connectivity index (χ1) is 8.79. The molecule has 2 aromatic rings. The number of nitrogens with one attached hydrogen (secondary N) is 1. The summed E-state index contributed by atoms with van der Waals surface area (Å²) in [4.78, 5) is 4.33. The van der Waals surface area contributed by atoms with Crippen molar-refractivity contribution in [1.82, 2.24) is 10.3 Å². The van der Waals surface area contributed by atoms with Crippen LogP contribution in [0, 0.1) is 0 Å². The lowest BCUT2D eigenvalue weighted by Crippen LogP contribution is -2.19. The molecule has 0 spiro atoms. The third-order valence-electron chi connectivity index (χ3n) is 2.79. The molecule has 0 amide bonds. The molecule has 1 N–H and O–H groups in total. The van der Waals surface area contributed by atoms with Crippen LogP contribution in [0.3, 0.4) is 0 Å². The van der Waals surface area contributed by atoms with Gasteiger partial charge >= 0.3 is 0 Å². The Bertz CT molecular complexity index is 470. The minimum absolute atomic E-state index is 0.454. The van der Waals surface area contributed by atoms with E-state index in [0.29, 0.717) is 5.92 Å². The third-order valence-corrected chi connectivity index (χ3v) is 3.79. The van der Waals surface area contributed by atoms with E-state index in [-0.39, 0.29) is 0 Å². The summed E-state index contributed by atoms with van der Waals surface area (Å²) >= 11 is 1.71. The van der Waals surface area contributed by atoms with Gasteiger partial charge in [0, 0.05) is 30.6 Å². The van der Waals surface area contributed by atoms with Gasteiger partial charge in [-0.1, -0.05) is 19.1 Å². The van der Waals surface area contributed by atoms with Crippen LogP contribution >= 0.6 is 11.3 Å². The molecule has 0 radical (unpaired) electrons. The monoisotopic (exact) mass is 262 g/mol. The van der Waals surface area contributed by atoms with Crippen molar-refractivity contribution >= 4 is 11.3 Å². The molecule has 1 aromatic carbocycles. The number of rotatable bonds is 6. The fraction of sp³-hybridized carbons (Fsp3) is 0.357. The van der Waals surface area contributed by atoms with Crippen LogP contribution < -0.4 is 10.1 Å². The largest absolute Gasteiger partial charge is 0.497 e. The second-order valence-electron chi connectivity index (χ2n) is 4.25. The summed E-state index contributed by atoms with van der Waals surface area (Å²) in [5.74, 6) is 1.36. The van der Waals surface area contributed by atoms with Gasteiger partial charge in [0.1, 0.15) is 5.75 Å². The maximum Gasteiger partial charge on any atom is 0.119 e. The second-order valence-corrected chi connectivity index (χ2v) is 5.18. The molecule has 4 heteroatoms. The molecule has 0 aliphatic rings. The number of ether oxygens (including phenoxy) is 1. The van der Waals surface area contributed by atoms with Crippen molar-refractivity contribution in [3.8, 4) is 5.75 Å². The Morgan fingerprint density at radius 2 is 2.33 bits per heavy atom. The van der Waals surface area contributed by atoms with Gasteiger partial charge < -0.3 is 10.1 Å². The molecule has 0 bridgehead atoms. The predicted octanol–water partition coefficient (Wildman–Crippen LogP) is 3.05. The zero-order chi connectivity index (χ0) is 12.8. The third kappa shape index (κ3) is 3.55. The lowest BCUT2D eigenvalue weighted by Gasteiger charge is -2.10. The van der Waals surface area contributed by atoms with Gasteiger partial charge in [-0.3, -0.25) is 0 Å². The Balaban J connectivity index is 1.81. The summed E-state index contributed by atoms with van der Waals surface area (Å²) in [5.41, 5.74) is 1.24. The van der Waals surface area contributed by atoms with Crippen LogP contribution in [0.15, 0.2) is 35.8 Å².